The first kappa shape index (κ1) is 33.0. The number of likely N-dealkylation sites (tertiary alicyclic amines) is 1. The number of aromatic nitrogens is 3. The summed E-state index contributed by atoms with van der Waals surface area (Å²) in [6.45, 7) is 7.43. The number of hydrogen-bond donors (Lipinski definition) is 1. The van der Waals surface area contributed by atoms with Crippen LogP contribution in [0.15, 0.2) is 65.7 Å². The van der Waals surface area contributed by atoms with Crippen LogP contribution in [-0.2, 0) is 16.0 Å². The summed E-state index contributed by atoms with van der Waals surface area (Å²) in [5.41, 5.74) is 0.354. The Kier molecular flexibility index (Phi) is 9.10. The molecule has 0 saturated carbocycles. The molecule has 248 valence electrons. The highest BCUT2D eigenvalue weighted by atomic mass is 35.5. The molecule has 1 atom stereocenters. The Morgan fingerprint density at radius 1 is 1.04 bits per heavy atom. The molecule has 11 nitrogen and oxygen atoms in total. The SMILES string of the molecule is CC(C)(C)OC(=O)N1CCOC[C@@H]1c1ccc(-n2c(Cl)cc3c(=O)n(CC4(O)CCN(C(=O)c5ccc(Cl)cc5)CC4)cnc32)cc1. The first-order valence-electron chi connectivity index (χ1n) is 15.5. The van der Waals surface area contributed by atoms with Gasteiger partial charge in [-0.3, -0.25) is 23.6 Å². The van der Waals surface area contributed by atoms with E-state index in [0.29, 0.717) is 78.1 Å². The molecular formula is C34H37Cl2N5O6. The van der Waals surface area contributed by atoms with E-state index >= 15 is 0 Å². The number of carbonyl (C=O) groups excluding carboxylic acids is 2. The van der Waals surface area contributed by atoms with Crippen LogP contribution >= 0.6 is 23.2 Å². The number of carbonyl (C=O) groups is 2. The second-order valence-corrected chi connectivity index (χ2v) is 13.9. The standard InChI is InChI=1S/C34H37Cl2N5O6/c1-33(2,3)47-32(44)40-16-17-46-19-27(40)22-6-10-25(11-7-22)41-28(36)18-26-29(41)37-21-39(31(26)43)20-34(45)12-14-38(15-13-34)30(42)23-4-8-24(35)9-5-23/h4-11,18,21,27,45H,12-17,19-20H2,1-3H3/t27-/m1/s1. The molecule has 2 aliphatic rings. The maximum absolute atomic E-state index is 13.6. The van der Waals surface area contributed by atoms with Gasteiger partial charge in [0.2, 0.25) is 0 Å². The molecule has 4 aromatic rings. The molecule has 2 fully saturated rings. The average molecular weight is 683 g/mol. The van der Waals surface area contributed by atoms with Gasteiger partial charge in [-0.05, 0) is 81.6 Å². The minimum atomic E-state index is -1.19. The molecule has 6 rings (SSSR count). The third kappa shape index (κ3) is 7.03. The zero-order valence-corrected chi connectivity index (χ0v) is 28.0. The summed E-state index contributed by atoms with van der Waals surface area (Å²) >= 11 is 12.6. The molecule has 0 radical (unpaired) electrons. The summed E-state index contributed by atoms with van der Waals surface area (Å²) in [7, 11) is 0. The molecule has 0 spiro atoms. The maximum atomic E-state index is 13.6. The Bertz CT molecular complexity index is 1840. The van der Waals surface area contributed by atoms with Gasteiger partial charge in [0.15, 0.2) is 5.65 Å². The predicted octanol–water partition coefficient (Wildman–Crippen LogP) is 5.47. The monoisotopic (exact) mass is 681 g/mol. The first-order chi connectivity index (χ1) is 22.3. The molecule has 2 aromatic heterocycles. The number of benzene rings is 2. The van der Waals surface area contributed by atoms with Gasteiger partial charge in [0.1, 0.15) is 17.1 Å². The van der Waals surface area contributed by atoms with Crippen molar-refractivity contribution >= 4 is 46.2 Å². The summed E-state index contributed by atoms with van der Waals surface area (Å²) in [5, 5.41) is 12.6. The molecule has 2 aliphatic heterocycles. The second kappa shape index (κ2) is 13.0. The highest BCUT2D eigenvalue weighted by molar-refractivity contribution is 6.31. The molecule has 0 bridgehead atoms. The van der Waals surface area contributed by atoms with E-state index in [1.807, 2.05) is 45.0 Å². The van der Waals surface area contributed by atoms with Crippen LogP contribution in [0.25, 0.3) is 16.7 Å². The van der Waals surface area contributed by atoms with E-state index < -0.39 is 17.3 Å². The lowest BCUT2D eigenvalue weighted by molar-refractivity contribution is -0.0331. The van der Waals surface area contributed by atoms with Crippen LogP contribution < -0.4 is 5.56 Å². The van der Waals surface area contributed by atoms with Crippen molar-refractivity contribution in [3.8, 4) is 5.69 Å². The smallest absolute Gasteiger partial charge is 0.410 e. The van der Waals surface area contributed by atoms with E-state index in [4.69, 9.17) is 32.7 Å². The van der Waals surface area contributed by atoms with E-state index in [1.54, 1.807) is 44.7 Å². The van der Waals surface area contributed by atoms with E-state index in [0.717, 1.165) is 5.56 Å². The number of piperidine rings is 1. The van der Waals surface area contributed by atoms with Gasteiger partial charge >= 0.3 is 6.09 Å². The molecule has 0 unspecified atom stereocenters. The fraction of sp³-hybridized carbons (Fsp3) is 0.412. The molecular weight excluding hydrogens is 645 g/mol. The lowest BCUT2D eigenvalue weighted by atomic mass is 9.91. The van der Waals surface area contributed by atoms with Crippen LogP contribution in [0.4, 0.5) is 4.79 Å². The average Bonchev–Trinajstić information content (AvgIpc) is 3.38. The van der Waals surface area contributed by atoms with Gasteiger partial charge in [0, 0.05) is 35.9 Å². The number of hydrogen-bond acceptors (Lipinski definition) is 7. The van der Waals surface area contributed by atoms with Crippen LogP contribution in [0.5, 0.6) is 0 Å². The number of halogens is 2. The van der Waals surface area contributed by atoms with Crippen molar-refractivity contribution in [3.05, 3.63) is 92.6 Å². The lowest BCUT2D eigenvalue weighted by Crippen LogP contribution is -2.49. The Morgan fingerprint density at radius 2 is 1.72 bits per heavy atom. The summed E-state index contributed by atoms with van der Waals surface area (Å²) in [6, 6.07) is 15.5. The van der Waals surface area contributed by atoms with Crippen LogP contribution in [0.1, 0.15) is 55.6 Å². The number of ether oxygens (including phenoxy) is 2. The van der Waals surface area contributed by atoms with E-state index in [-0.39, 0.29) is 24.1 Å². The number of amides is 2. The topological polar surface area (TPSA) is 119 Å². The normalized spacial score (nSPS) is 18.4. The van der Waals surface area contributed by atoms with Crippen molar-refractivity contribution in [2.45, 2.75) is 57.4 Å². The Balaban J connectivity index is 1.18. The van der Waals surface area contributed by atoms with Crippen molar-refractivity contribution in [3.63, 3.8) is 0 Å². The molecule has 0 aliphatic carbocycles. The zero-order chi connectivity index (χ0) is 33.5. The maximum Gasteiger partial charge on any atom is 0.410 e. The van der Waals surface area contributed by atoms with Crippen LogP contribution in [0.3, 0.4) is 0 Å². The minimum absolute atomic E-state index is 0.0346. The van der Waals surface area contributed by atoms with Crippen LogP contribution in [0, 0.1) is 0 Å². The van der Waals surface area contributed by atoms with Gasteiger partial charge in [-0.25, -0.2) is 9.78 Å². The molecule has 2 saturated heterocycles. The third-order valence-corrected chi connectivity index (χ3v) is 9.10. The van der Waals surface area contributed by atoms with Crippen molar-refractivity contribution in [2.24, 2.45) is 0 Å². The van der Waals surface area contributed by atoms with Crippen molar-refractivity contribution in [1.82, 2.24) is 23.9 Å². The van der Waals surface area contributed by atoms with Gasteiger partial charge in [-0.15, -0.1) is 0 Å². The third-order valence-electron chi connectivity index (χ3n) is 8.57. The number of morpholine rings is 1. The van der Waals surface area contributed by atoms with E-state index in [2.05, 4.69) is 4.98 Å². The second-order valence-electron chi connectivity index (χ2n) is 13.1. The van der Waals surface area contributed by atoms with Crippen molar-refractivity contribution < 1.29 is 24.2 Å². The quantitative estimate of drug-likeness (QED) is 0.297. The van der Waals surface area contributed by atoms with Crippen molar-refractivity contribution in [2.75, 3.05) is 32.8 Å². The fourth-order valence-electron chi connectivity index (χ4n) is 6.09. The number of rotatable bonds is 5. The van der Waals surface area contributed by atoms with Gasteiger partial charge in [-0.1, -0.05) is 35.3 Å². The highest BCUT2D eigenvalue weighted by Crippen LogP contribution is 2.30. The fourth-order valence-corrected chi connectivity index (χ4v) is 6.50. The Morgan fingerprint density at radius 3 is 2.38 bits per heavy atom. The number of nitrogens with zero attached hydrogens (tertiary/aromatic N) is 5. The summed E-state index contributed by atoms with van der Waals surface area (Å²) in [5.74, 6) is -0.125. The molecule has 4 heterocycles. The molecule has 47 heavy (non-hydrogen) atoms. The summed E-state index contributed by atoms with van der Waals surface area (Å²) in [4.78, 5) is 47.4. The number of fused-ring (bicyclic) bond motifs is 1. The summed E-state index contributed by atoms with van der Waals surface area (Å²) in [6.07, 6.45) is 1.65. The minimum Gasteiger partial charge on any atom is -0.444 e. The Hall–Kier alpha value is -3.90. The molecule has 2 aromatic carbocycles. The largest absolute Gasteiger partial charge is 0.444 e. The van der Waals surface area contributed by atoms with E-state index in [1.165, 1.54) is 10.9 Å². The molecule has 2 amide bonds. The van der Waals surface area contributed by atoms with Gasteiger partial charge in [-0.2, -0.15) is 0 Å². The molecule has 1 N–H and O–H groups in total. The van der Waals surface area contributed by atoms with Gasteiger partial charge < -0.3 is 19.5 Å². The molecule has 13 heteroatoms. The van der Waals surface area contributed by atoms with Crippen LogP contribution in [0.2, 0.25) is 10.2 Å². The first-order valence-corrected chi connectivity index (χ1v) is 16.3. The highest BCUT2D eigenvalue weighted by Gasteiger charge is 2.35. The Labute approximate surface area is 282 Å². The predicted molar refractivity (Wildman–Crippen MR) is 178 cm³/mol. The van der Waals surface area contributed by atoms with Crippen molar-refractivity contribution in [1.29, 1.82) is 0 Å². The lowest BCUT2D eigenvalue weighted by Gasteiger charge is -2.38. The zero-order valence-electron chi connectivity index (χ0n) is 26.5. The van der Waals surface area contributed by atoms with Gasteiger partial charge in [0.05, 0.1) is 36.8 Å². The van der Waals surface area contributed by atoms with Crippen LogP contribution in [-0.4, -0.2) is 85.1 Å². The number of aliphatic hydroxyl groups is 1. The summed E-state index contributed by atoms with van der Waals surface area (Å²) < 4.78 is 14.4. The van der Waals surface area contributed by atoms with E-state index in [9.17, 15) is 19.5 Å². The van der Waals surface area contributed by atoms with Gasteiger partial charge in [0.25, 0.3) is 11.5 Å².